The highest BCUT2D eigenvalue weighted by Gasteiger charge is 2.24. The molecule has 1 aromatic heterocycles. The smallest absolute Gasteiger partial charge is 0.333 e. The van der Waals surface area contributed by atoms with Crippen LogP contribution in [0, 0.1) is 13.8 Å². The molecule has 0 atom stereocenters. The highest BCUT2D eigenvalue weighted by Crippen LogP contribution is 2.43. The van der Waals surface area contributed by atoms with Crippen LogP contribution in [0.2, 0.25) is 0 Å². The quantitative estimate of drug-likeness (QED) is 0.103. The highest BCUT2D eigenvalue weighted by atomic mass is 16.7. The van der Waals surface area contributed by atoms with Gasteiger partial charge in [0, 0.05) is 85.1 Å². The number of nitrogens with one attached hydrogen (secondary N) is 1. The Kier molecular flexibility index (Phi) is 10.2. The lowest BCUT2D eigenvalue weighted by Crippen LogP contribution is -2.28. The van der Waals surface area contributed by atoms with E-state index in [0.29, 0.717) is 48.4 Å². The van der Waals surface area contributed by atoms with E-state index in [1.54, 1.807) is 11.9 Å². The molecule has 10 nitrogen and oxygen atoms in total. The van der Waals surface area contributed by atoms with Gasteiger partial charge in [-0.2, -0.15) is 0 Å². The molecule has 1 amide bonds. The zero-order valence-corrected chi connectivity index (χ0v) is 27.6. The second-order valence-corrected chi connectivity index (χ2v) is 11.7. The molecule has 5 rings (SSSR count). The van der Waals surface area contributed by atoms with Crippen molar-refractivity contribution in [3.8, 4) is 34.2 Å². The van der Waals surface area contributed by atoms with Gasteiger partial charge in [-0.05, 0) is 75.4 Å². The third-order valence-electron chi connectivity index (χ3n) is 8.22. The van der Waals surface area contributed by atoms with Gasteiger partial charge in [0.1, 0.15) is 11.3 Å². The number of amides is 1. The maximum absolute atomic E-state index is 14.0. The van der Waals surface area contributed by atoms with Gasteiger partial charge in [0.05, 0.1) is 5.36 Å². The number of aryl methyl sites for hydroxylation is 2. The summed E-state index contributed by atoms with van der Waals surface area (Å²) < 4.78 is 7.20. The van der Waals surface area contributed by atoms with E-state index >= 15 is 0 Å². The molecule has 0 saturated carbocycles. The van der Waals surface area contributed by atoms with Crippen molar-refractivity contribution in [1.29, 1.82) is 0 Å². The number of carbonyl (C=O) groups is 2. The summed E-state index contributed by atoms with van der Waals surface area (Å²) in [5, 5.41) is 24.5. The number of hydrogen-bond donors (Lipinski definition) is 3. The van der Waals surface area contributed by atoms with Crippen LogP contribution in [0.3, 0.4) is 0 Å². The maximum Gasteiger partial charge on any atom is 0.333 e. The van der Waals surface area contributed by atoms with E-state index in [0.717, 1.165) is 56.4 Å². The summed E-state index contributed by atoms with van der Waals surface area (Å²) in [6.45, 7) is 10.1. The average Bonchev–Trinajstić information content (AvgIpc) is 3.36. The molecule has 0 radical (unpaired) electrons. The molecule has 1 aliphatic carbocycles. The maximum atomic E-state index is 14.0. The Labute approximate surface area is 274 Å². The second kappa shape index (κ2) is 14.5. The van der Waals surface area contributed by atoms with Crippen LogP contribution in [0.25, 0.3) is 33.4 Å². The summed E-state index contributed by atoms with van der Waals surface area (Å²) in [7, 11) is 1.79. The summed E-state index contributed by atoms with van der Waals surface area (Å²) in [4.78, 5) is 37.5. The van der Waals surface area contributed by atoms with Crippen molar-refractivity contribution in [3.05, 3.63) is 82.7 Å². The number of aromatic hydroxyl groups is 2. The number of carbonyl (C=O) groups excluding carboxylic acids is 2. The normalized spacial score (nSPS) is 11.7. The molecule has 2 aromatic carbocycles. The molecular formula is C37H42N4O6. The predicted octanol–water partition coefficient (Wildman–Crippen LogP) is 6.67. The molecule has 0 fully saturated rings. The van der Waals surface area contributed by atoms with E-state index in [-0.39, 0.29) is 24.1 Å². The number of benzene rings is 3. The summed E-state index contributed by atoms with van der Waals surface area (Å²) in [6, 6.07) is 18.4. The van der Waals surface area contributed by atoms with Crippen molar-refractivity contribution >= 4 is 28.5 Å². The Hall–Kier alpha value is -5.25. The summed E-state index contributed by atoms with van der Waals surface area (Å²) >= 11 is 0. The molecule has 2 heterocycles. The van der Waals surface area contributed by atoms with Crippen molar-refractivity contribution in [3.63, 3.8) is 0 Å². The first-order chi connectivity index (χ1) is 22.6. The lowest BCUT2D eigenvalue weighted by atomic mass is 9.89. The van der Waals surface area contributed by atoms with Gasteiger partial charge >= 0.3 is 5.97 Å². The van der Waals surface area contributed by atoms with Crippen LogP contribution in [-0.2, 0) is 4.79 Å². The van der Waals surface area contributed by atoms with Gasteiger partial charge < -0.3 is 29.7 Å². The Morgan fingerprint density at radius 1 is 0.936 bits per heavy atom. The molecule has 0 spiro atoms. The van der Waals surface area contributed by atoms with Gasteiger partial charge in [-0.1, -0.05) is 24.6 Å². The fourth-order valence-corrected chi connectivity index (χ4v) is 5.83. The Morgan fingerprint density at radius 3 is 2.40 bits per heavy atom. The largest absolute Gasteiger partial charge is 0.492 e. The SMILES string of the molecule is CCN=c1cc2oc3cc(NCC)c(C)cc3c(-c3ccccc3C(=O)N(C)CCCCCC(=O)On3c(O)ccc3O)c-2cc1C. The molecule has 1 aliphatic heterocycles. The number of anilines is 1. The van der Waals surface area contributed by atoms with Crippen molar-refractivity contribution in [2.45, 2.75) is 53.4 Å². The monoisotopic (exact) mass is 638 g/mol. The Balaban J connectivity index is 1.41. The van der Waals surface area contributed by atoms with E-state index in [9.17, 15) is 19.8 Å². The minimum Gasteiger partial charge on any atom is -0.492 e. The Bertz CT molecular complexity index is 1940. The standard InChI is InChI=1S/C37H42N4O6/c1-6-38-29-21-31-27(19-23(29)3)36(28-20-24(4)30(39-7-2)22-32(28)46-31)25-13-10-11-14-26(25)37(45)40(5)18-12-8-9-15-35(44)47-41-33(42)16-17-34(41)43/h10-11,13-14,16-17,19-22,38,42-43H,6-9,12,15,18H2,1-5H3. The number of nitrogens with zero attached hydrogens (tertiary/aromatic N) is 3. The minimum absolute atomic E-state index is 0.101. The van der Waals surface area contributed by atoms with Crippen LogP contribution in [0.1, 0.15) is 61.0 Å². The third-order valence-corrected chi connectivity index (χ3v) is 8.22. The summed E-state index contributed by atoms with van der Waals surface area (Å²) in [6.07, 6.45) is 2.01. The van der Waals surface area contributed by atoms with Gasteiger partial charge in [0.25, 0.3) is 5.91 Å². The fourth-order valence-electron chi connectivity index (χ4n) is 5.83. The molecule has 47 heavy (non-hydrogen) atoms. The van der Waals surface area contributed by atoms with Crippen LogP contribution in [0.5, 0.6) is 11.8 Å². The van der Waals surface area contributed by atoms with Crippen molar-refractivity contribution in [2.24, 2.45) is 4.99 Å². The number of fused-ring (bicyclic) bond motifs is 2. The molecule has 3 aromatic rings. The van der Waals surface area contributed by atoms with Gasteiger partial charge in [-0.3, -0.25) is 9.79 Å². The van der Waals surface area contributed by atoms with Crippen LogP contribution in [-0.4, -0.2) is 58.4 Å². The van der Waals surface area contributed by atoms with Crippen molar-refractivity contribution in [2.75, 3.05) is 32.0 Å². The highest BCUT2D eigenvalue weighted by molar-refractivity contribution is 6.09. The van der Waals surface area contributed by atoms with Crippen molar-refractivity contribution in [1.82, 2.24) is 9.63 Å². The number of rotatable bonds is 12. The average molecular weight is 639 g/mol. The first-order valence-corrected chi connectivity index (χ1v) is 16.0. The van der Waals surface area contributed by atoms with Gasteiger partial charge in [0.2, 0.25) is 11.8 Å². The van der Waals surface area contributed by atoms with Gasteiger partial charge in [-0.25, -0.2) is 4.79 Å². The number of unbranched alkanes of at least 4 members (excludes halogenated alkanes) is 2. The summed E-state index contributed by atoms with van der Waals surface area (Å²) in [5.74, 6) is -0.688. The lowest BCUT2D eigenvalue weighted by molar-refractivity contribution is -0.145. The molecule has 246 valence electrons. The molecule has 10 heteroatoms. The Morgan fingerprint density at radius 2 is 1.68 bits per heavy atom. The predicted molar refractivity (Wildman–Crippen MR) is 183 cm³/mol. The van der Waals surface area contributed by atoms with Crippen molar-refractivity contribution < 1.29 is 29.1 Å². The molecule has 3 N–H and O–H groups in total. The zero-order chi connectivity index (χ0) is 33.7. The van der Waals surface area contributed by atoms with Gasteiger partial charge in [0.15, 0.2) is 0 Å². The topological polar surface area (TPSA) is 130 Å². The number of aromatic nitrogens is 1. The molecule has 0 saturated heterocycles. The summed E-state index contributed by atoms with van der Waals surface area (Å²) in [5.41, 5.74) is 7.09. The van der Waals surface area contributed by atoms with E-state index in [4.69, 9.17) is 9.25 Å². The van der Waals surface area contributed by atoms with E-state index < -0.39 is 5.97 Å². The molecule has 0 bridgehead atoms. The first kappa shape index (κ1) is 33.1. The van der Waals surface area contributed by atoms with E-state index in [2.05, 4.69) is 36.3 Å². The number of hydrogen-bond acceptors (Lipinski definition) is 8. The molecule has 2 aliphatic rings. The lowest BCUT2D eigenvalue weighted by Gasteiger charge is -2.22. The fraction of sp³-hybridized carbons (Fsp3) is 0.324. The molecule has 0 unspecified atom stereocenters. The van der Waals surface area contributed by atoms with Crippen LogP contribution >= 0.6 is 0 Å². The van der Waals surface area contributed by atoms with E-state index in [1.165, 1.54) is 12.1 Å². The second-order valence-electron chi connectivity index (χ2n) is 11.7. The van der Waals surface area contributed by atoms with Crippen LogP contribution < -0.4 is 15.5 Å². The molecular weight excluding hydrogens is 596 g/mol. The first-order valence-electron chi connectivity index (χ1n) is 16.0. The zero-order valence-electron chi connectivity index (χ0n) is 27.6. The van der Waals surface area contributed by atoms with E-state index in [1.807, 2.05) is 50.2 Å². The minimum atomic E-state index is -0.572. The third kappa shape index (κ3) is 7.11. The van der Waals surface area contributed by atoms with Crippen LogP contribution in [0.4, 0.5) is 5.69 Å². The van der Waals surface area contributed by atoms with Crippen LogP contribution in [0.15, 0.2) is 70.1 Å². The van der Waals surface area contributed by atoms with Gasteiger partial charge in [-0.15, -0.1) is 4.73 Å².